The van der Waals surface area contributed by atoms with Crippen LogP contribution in [-0.2, 0) is 4.79 Å². The lowest BCUT2D eigenvalue weighted by atomic mass is 9.67. The first-order chi connectivity index (χ1) is 11.6. The van der Waals surface area contributed by atoms with E-state index in [1.807, 2.05) is 0 Å². The Bertz CT molecular complexity index is 680. The Morgan fingerprint density at radius 3 is 1.58 bits per heavy atom. The number of rotatable bonds is 2. The summed E-state index contributed by atoms with van der Waals surface area (Å²) in [7, 11) is 0. The molecule has 4 rings (SSSR count). The number of hydrogen-bond donors (Lipinski definition) is 1. The molecule has 2 aliphatic rings. The quantitative estimate of drug-likeness (QED) is 0.649. The molecule has 0 amide bonds. The number of carbonyl (C=O) groups is 1. The second-order valence-electron chi connectivity index (χ2n) is 6.77. The number of halogens is 2. The molecule has 1 aliphatic carbocycles. The standard InChI is InChI=1S/C20H19Br2NO/c21-14-8-4-12(5-9-14)18-16-2-1-3-17(20(16)24)19(23-18)13-6-10-15(22)11-7-13/h4-11,16-19,23H,1-3H2/t16-,17+,18+,19-. The molecule has 1 aliphatic heterocycles. The molecule has 2 aromatic carbocycles. The van der Waals surface area contributed by atoms with Gasteiger partial charge in [0.25, 0.3) is 0 Å². The summed E-state index contributed by atoms with van der Waals surface area (Å²) in [6, 6.07) is 17.0. The van der Waals surface area contributed by atoms with Gasteiger partial charge in [0.1, 0.15) is 5.78 Å². The van der Waals surface area contributed by atoms with Crippen LogP contribution in [0.1, 0.15) is 42.5 Å². The molecule has 2 nitrogen and oxygen atoms in total. The SMILES string of the molecule is O=C1[C@H]2CCC[C@@H]1[C@H](c1ccc(Br)cc1)N[C@@H]2c1ccc(Br)cc1. The van der Waals surface area contributed by atoms with Crippen molar-refractivity contribution >= 4 is 37.6 Å². The first kappa shape index (κ1) is 16.5. The van der Waals surface area contributed by atoms with E-state index in [-0.39, 0.29) is 23.9 Å². The molecule has 2 aromatic rings. The molecule has 4 atom stereocenters. The van der Waals surface area contributed by atoms with Crippen LogP contribution in [0.25, 0.3) is 0 Å². The third-order valence-electron chi connectivity index (χ3n) is 5.38. The number of nitrogens with one attached hydrogen (secondary N) is 1. The Kier molecular flexibility index (Phi) is 4.63. The van der Waals surface area contributed by atoms with Gasteiger partial charge in [-0.25, -0.2) is 0 Å². The highest BCUT2D eigenvalue weighted by atomic mass is 79.9. The molecule has 2 bridgehead atoms. The largest absolute Gasteiger partial charge is 0.302 e. The molecule has 1 saturated heterocycles. The van der Waals surface area contributed by atoms with Crippen molar-refractivity contribution in [2.24, 2.45) is 11.8 Å². The lowest BCUT2D eigenvalue weighted by molar-refractivity contribution is -0.135. The van der Waals surface area contributed by atoms with Gasteiger partial charge in [0, 0.05) is 32.9 Å². The van der Waals surface area contributed by atoms with Gasteiger partial charge in [-0.3, -0.25) is 4.79 Å². The number of piperidine rings is 1. The van der Waals surface area contributed by atoms with E-state index in [0.29, 0.717) is 5.78 Å². The van der Waals surface area contributed by atoms with E-state index in [4.69, 9.17) is 0 Å². The average Bonchev–Trinajstić information content (AvgIpc) is 2.57. The van der Waals surface area contributed by atoms with Gasteiger partial charge in [-0.05, 0) is 48.2 Å². The fourth-order valence-electron chi connectivity index (χ4n) is 4.20. The number of ketones is 1. The van der Waals surface area contributed by atoms with Gasteiger partial charge in [0.05, 0.1) is 0 Å². The van der Waals surface area contributed by atoms with E-state index in [0.717, 1.165) is 28.2 Å². The Morgan fingerprint density at radius 1 is 0.750 bits per heavy atom. The lowest BCUT2D eigenvalue weighted by Gasteiger charge is -2.45. The number of hydrogen-bond acceptors (Lipinski definition) is 2. The van der Waals surface area contributed by atoms with E-state index in [1.54, 1.807) is 0 Å². The van der Waals surface area contributed by atoms with Crippen LogP contribution in [0.4, 0.5) is 0 Å². The van der Waals surface area contributed by atoms with E-state index in [9.17, 15) is 4.79 Å². The van der Waals surface area contributed by atoms with Crippen LogP contribution in [0, 0.1) is 11.8 Å². The van der Waals surface area contributed by atoms with Crippen LogP contribution in [0.15, 0.2) is 57.5 Å². The van der Waals surface area contributed by atoms with Gasteiger partial charge in [0.2, 0.25) is 0 Å². The van der Waals surface area contributed by atoms with E-state index < -0.39 is 0 Å². The van der Waals surface area contributed by atoms with Crippen molar-refractivity contribution in [2.45, 2.75) is 31.3 Å². The fourth-order valence-corrected chi connectivity index (χ4v) is 4.73. The number of Topliss-reactive ketones (excluding diaryl/α,β-unsaturated/α-hetero) is 1. The van der Waals surface area contributed by atoms with Crippen molar-refractivity contribution in [3.63, 3.8) is 0 Å². The van der Waals surface area contributed by atoms with Crippen LogP contribution in [0.2, 0.25) is 0 Å². The lowest BCUT2D eigenvalue weighted by Crippen LogP contribution is -2.50. The summed E-state index contributed by atoms with van der Waals surface area (Å²) in [5.74, 6) is 0.661. The molecule has 124 valence electrons. The second-order valence-corrected chi connectivity index (χ2v) is 8.60. The number of benzene rings is 2. The minimum Gasteiger partial charge on any atom is -0.302 e. The highest BCUT2D eigenvalue weighted by Gasteiger charge is 2.46. The summed E-state index contributed by atoms with van der Waals surface area (Å²) in [6.07, 6.45) is 3.13. The molecule has 4 heteroatoms. The molecule has 0 aromatic heterocycles. The van der Waals surface area contributed by atoms with Crippen molar-refractivity contribution in [2.75, 3.05) is 0 Å². The monoisotopic (exact) mass is 447 g/mol. The fraction of sp³-hybridized carbons (Fsp3) is 0.350. The second kappa shape index (κ2) is 6.74. The third kappa shape index (κ3) is 3.00. The van der Waals surface area contributed by atoms with Crippen LogP contribution in [-0.4, -0.2) is 5.78 Å². The van der Waals surface area contributed by atoms with E-state index >= 15 is 0 Å². The summed E-state index contributed by atoms with van der Waals surface area (Å²) in [5, 5.41) is 3.81. The molecule has 1 N–H and O–H groups in total. The summed E-state index contributed by atoms with van der Waals surface area (Å²) >= 11 is 7.00. The molecule has 1 heterocycles. The zero-order chi connectivity index (χ0) is 16.7. The molecule has 0 unspecified atom stereocenters. The van der Waals surface area contributed by atoms with Gasteiger partial charge in [-0.2, -0.15) is 0 Å². The summed E-state index contributed by atoms with van der Waals surface area (Å²) in [5.41, 5.74) is 2.41. The number of fused-ring (bicyclic) bond motifs is 2. The summed E-state index contributed by atoms with van der Waals surface area (Å²) in [4.78, 5) is 13.1. The summed E-state index contributed by atoms with van der Waals surface area (Å²) in [6.45, 7) is 0. The number of carbonyl (C=O) groups excluding carboxylic acids is 1. The highest BCUT2D eigenvalue weighted by Crippen LogP contribution is 2.45. The molecule has 24 heavy (non-hydrogen) atoms. The maximum Gasteiger partial charge on any atom is 0.142 e. The van der Waals surface area contributed by atoms with Crippen LogP contribution in [0.5, 0.6) is 0 Å². The highest BCUT2D eigenvalue weighted by molar-refractivity contribution is 9.10. The topological polar surface area (TPSA) is 29.1 Å². The normalized spacial score (nSPS) is 29.5. The van der Waals surface area contributed by atoms with Gasteiger partial charge in [-0.15, -0.1) is 0 Å². The first-order valence-electron chi connectivity index (χ1n) is 8.44. The molecule has 1 saturated carbocycles. The Balaban J connectivity index is 1.71. The molecule has 0 radical (unpaired) electrons. The molecule has 2 fully saturated rings. The van der Waals surface area contributed by atoms with Crippen LogP contribution < -0.4 is 5.32 Å². The van der Waals surface area contributed by atoms with Gasteiger partial charge in [0.15, 0.2) is 0 Å². The Morgan fingerprint density at radius 2 is 1.17 bits per heavy atom. The maximum atomic E-state index is 13.1. The average molecular weight is 449 g/mol. The minimum absolute atomic E-state index is 0.107. The summed E-state index contributed by atoms with van der Waals surface area (Å²) < 4.78 is 2.14. The van der Waals surface area contributed by atoms with Gasteiger partial charge in [-0.1, -0.05) is 62.5 Å². The minimum atomic E-state index is 0.107. The molecular formula is C20H19Br2NO. The van der Waals surface area contributed by atoms with Crippen molar-refractivity contribution in [1.82, 2.24) is 5.32 Å². The van der Waals surface area contributed by atoms with Crippen molar-refractivity contribution in [3.8, 4) is 0 Å². The first-order valence-corrected chi connectivity index (χ1v) is 10.0. The zero-order valence-corrected chi connectivity index (χ0v) is 16.4. The van der Waals surface area contributed by atoms with Crippen LogP contribution >= 0.6 is 31.9 Å². The molecular weight excluding hydrogens is 430 g/mol. The Labute approximate surface area is 159 Å². The third-order valence-corrected chi connectivity index (χ3v) is 6.44. The van der Waals surface area contributed by atoms with Gasteiger partial charge < -0.3 is 5.32 Å². The zero-order valence-electron chi connectivity index (χ0n) is 13.2. The van der Waals surface area contributed by atoms with Crippen molar-refractivity contribution in [3.05, 3.63) is 68.6 Å². The van der Waals surface area contributed by atoms with Crippen LogP contribution in [0.3, 0.4) is 0 Å². The maximum absolute atomic E-state index is 13.1. The molecule has 0 spiro atoms. The smallest absolute Gasteiger partial charge is 0.142 e. The Hall–Kier alpha value is -0.970. The van der Waals surface area contributed by atoms with Gasteiger partial charge >= 0.3 is 0 Å². The predicted octanol–water partition coefficient (Wildman–Crippen LogP) is 5.58. The van der Waals surface area contributed by atoms with Crippen molar-refractivity contribution < 1.29 is 4.79 Å². The van der Waals surface area contributed by atoms with E-state index in [2.05, 4.69) is 85.7 Å². The predicted molar refractivity (Wildman–Crippen MR) is 103 cm³/mol. The van der Waals surface area contributed by atoms with E-state index in [1.165, 1.54) is 11.1 Å². The van der Waals surface area contributed by atoms with Crippen molar-refractivity contribution in [1.29, 1.82) is 0 Å².